The van der Waals surface area contributed by atoms with Crippen molar-refractivity contribution >= 4 is 17.6 Å². The van der Waals surface area contributed by atoms with Gasteiger partial charge in [0.25, 0.3) is 0 Å². The summed E-state index contributed by atoms with van der Waals surface area (Å²) in [5, 5.41) is 5.41. The SMILES string of the molecule is O=C(CCN(Cc1ccco1)C(=O)Nc1ccccc1F)NCCc1ccccc1. The Kier molecular flexibility index (Phi) is 7.60. The lowest BCUT2D eigenvalue weighted by molar-refractivity contribution is -0.121. The van der Waals surface area contributed by atoms with Gasteiger partial charge in [-0.05, 0) is 36.2 Å². The van der Waals surface area contributed by atoms with Crippen LogP contribution in [0.4, 0.5) is 14.9 Å². The lowest BCUT2D eigenvalue weighted by Crippen LogP contribution is -2.38. The molecule has 3 rings (SSSR count). The maximum Gasteiger partial charge on any atom is 0.322 e. The van der Waals surface area contributed by atoms with Crippen LogP contribution in [0.1, 0.15) is 17.7 Å². The molecule has 0 aliphatic rings. The third kappa shape index (κ3) is 6.48. The van der Waals surface area contributed by atoms with E-state index in [1.807, 2.05) is 30.3 Å². The molecular formula is C23H24FN3O3. The van der Waals surface area contributed by atoms with E-state index in [4.69, 9.17) is 4.42 Å². The highest BCUT2D eigenvalue weighted by Crippen LogP contribution is 2.14. The first-order valence-corrected chi connectivity index (χ1v) is 9.75. The molecule has 0 aliphatic carbocycles. The molecule has 6 nitrogen and oxygen atoms in total. The number of nitrogens with zero attached hydrogens (tertiary/aromatic N) is 1. The predicted octanol–water partition coefficient (Wildman–Crippen LogP) is 4.20. The van der Waals surface area contributed by atoms with Gasteiger partial charge in [-0.2, -0.15) is 0 Å². The minimum absolute atomic E-state index is 0.0826. The van der Waals surface area contributed by atoms with Crippen LogP contribution in [0.5, 0.6) is 0 Å². The monoisotopic (exact) mass is 409 g/mol. The molecule has 0 bridgehead atoms. The Balaban J connectivity index is 1.53. The van der Waals surface area contributed by atoms with E-state index in [0.717, 1.165) is 12.0 Å². The molecule has 0 spiro atoms. The summed E-state index contributed by atoms with van der Waals surface area (Å²) in [5.74, 6) is -0.111. The van der Waals surface area contributed by atoms with Gasteiger partial charge in [-0.15, -0.1) is 0 Å². The van der Waals surface area contributed by atoms with Gasteiger partial charge in [-0.3, -0.25) is 4.79 Å². The van der Waals surface area contributed by atoms with Crippen LogP contribution in [0.15, 0.2) is 77.4 Å². The molecule has 0 atom stereocenters. The van der Waals surface area contributed by atoms with Crippen LogP contribution < -0.4 is 10.6 Å². The second-order valence-electron chi connectivity index (χ2n) is 6.75. The van der Waals surface area contributed by atoms with Gasteiger partial charge in [0.05, 0.1) is 18.5 Å². The lowest BCUT2D eigenvalue weighted by atomic mass is 10.1. The summed E-state index contributed by atoms with van der Waals surface area (Å²) in [7, 11) is 0. The number of furan rings is 1. The number of hydrogen-bond donors (Lipinski definition) is 2. The van der Waals surface area contributed by atoms with Crippen molar-refractivity contribution in [2.24, 2.45) is 0 Å². The number of carbonyl (C=O) groups is 2. The first-order chi connectivity index (χ1) is 14.6. The van der Waals surface area contributed by atoms with E-state index < -0.39 is 11.8 Å². The van der Waals surface area contributed by atoms with Crippen LogP contribution in [-0.2, 0) is 17.8 Å². The number of nitrogens with one attached hydrogen (secondary N) is 2. The maximum absolute atomic E-state index is 13.9. The van der Waals surface area contributed by atoms with Gasteiger partial charge in [-0.25, -0.2) is 9.18 Å². The minimum atomic E-state index is -0.526. The van der Waals surface area contributed by atoms with Crippen molar-refractivity contribution in [3.05, 3.63) is 90.1 Å². The van der Waals surface area contributed by atoms with Crippen molar-refractivity contribution in [3.63, 3.8) is 0 Å². The third-order valence-electron chi connectivity index (χ3n) is 4.52. The second kappa shape index (κ2) is 10.8. The number of halogens is 1. The van der Waals surface area contributed by atoms with Crippen molar-refractivity contribution in [2.45, 2.75) is 19.4 Å². The van der Waals surface area contributed by atoms with E-state index in [1.54, 1.807) is 24.3 Å². The zero-order chi connectivity index (χ0) is 21.2. The Bertz CT molecular complexity index is 945. The summed E-state index contributed by atoms with van der Waals surface area (Å²) >= 11 is 0. The molecule has 7 heteroatoms. The Morgan fingerprint density at radius 3 is 2.47 bits per heavy atom. The van der Waals surface area contributed by atoms with Crippen LogP contribution in [0.2, 0.25) is 0 Å². The Morgan fingerprint density at radius 2 is 1.73 bits per heavy atom. The molecule has 0 saturated carbocycles. The number of rotatable bonds is 9. The average molecular weight is 409 g/mol. The first kappa shape index (κ1) is 21.1. The third-order valence-corrected chi connectivity index (χ3v) is 4.52. The average Bonchev–Trinajstić information content (AvgIpc) is 3.26. The van der Waals surface area contributed by atoms with E-state index in [1.165, 1.54) is 23.3 Å². The van der Waals surface area contributed by atoms with Crippen molar-refractivity contribution < 1.29 is 18.4 Å². The van der Waals surface area contributed by atoms with E-state index in [-0.39, 0.29) is 31.1 Å². The van der Waals surface area contributed by atoms with Gasteiger partial charge in [0.2, 0.25) is 5.91 Å². The summed E-state index contributed by atoms with van der Waals surface area (Å²) in [4.78, 5) is 26.3. The second-order valence-corrected chi connectivity index (χ2v) is 6.75. The lowest BCUT2D eigenvalue weighted by Gasteiger charge is -2.22. The Hall–Kier alpha value is -3.61. The molecule has 0 unspecified atom stereocenters. The predicted molar refractivity (Wildman–Crippen MR) is 112 cm³/mol. The van der Waals surface area contributed by atoms with Gasteiger partial charge in [0.1, 0.15) is 11.6 Å². The number of benzene rings is 2. The summed E-state index contributed by atoms with van der Waals surface area (Å²) in [5.41, 5.74) is 1.22. The highest BCUT2D eigenvalue weighted by Gasteiger charge is 2.18. The van der Waals surface area contributed by atoms with E-state index in [2.05, 4.69) is 10.6 Å². The quantitative estimate of drug-likeness (QED) is 0.556. The van der Waals surface area contributed by atoms with Gasteiger partial charge in [0.15, 0.2) is 0 Å². The van der Waals surface area contributed by atoms with Crippen LogP contribution in [0, 0.1) is 5.82 Å². The molecule has 3 amide bonds. The van der Waals surface area contributed by atoms with Gasteiger partial charge < -0.3 is 20.0 Å². The van der Waals surface area contributed by atoms with Crippen LogP contribution in [0.3, 0.4) is 0 Å². The van der Waals surface area contributed by atoms with Crippen LogP contribution >= 0.6 is 0 Å². The van der Waals surface area contributed by atoms with Gasteiger partial charge in [0, 0.05) is 19.5 Å². The number of carbonyl (C=O) groups excluding carboxylic acids is 2. The van der Waals surface area contributed by atoms with Gasteiger partial charge in [-0.1, -0.05) is 42.5 Å². The summed E-state index contributed by atoms with van der Waals surface area (Å²) in [6.45, 7) is 0.852. The smallest absolute Gasteiger partial charge is 0.322 e. The van der Waals surface area contributed by atoms with Crippen molar-refractivity contribution in [2.75, 3.05) is 18.4 Å². The van der Waals surface area contributed by atoms with Crippen molar-refractivity contribution in [1.82, 2.24) is 10.2 Å². The highest BCUT2D eigenvalue weighted by atomic mass is 19.1. The fraction of sp³-hybridized carbons (Fsp3) is 0.217. The minimum Gasteiger partial charge on any atom is -0.467 e. The molecule has 0 aliphatic heterocycles. The zero-order valence-corrected chi connectivity index (χ0v) is 16.5. The molecule has 156 valence electrons. The topological polar surface area (TPSA) is 74.6 Å². The Morgan fingerprint density at radius 1 is 0.967 bits per heavy atom. The number of urea groups is 1. The molecule has 2 N–H and O–H groups in total. The van der Waals surface area contributed by atoms with E-state index in [0.29, 0.717) is 12.3 Å². The zero-order valence-electron chi connectivity index (χ0n) is 16.5. The standard InChI is InChI=1S/C23H24FN3O3/c24-20-10-4-5-11-21(20)26-23(29)27(17-19-9-6-16-30-19)15-13-22(28)25-14-12-18-7-2-1-3-8-18/h1-11,16H,12-15,17H2,(H,25,28)(H,26,29). The number of para-hydroxylation sites is 1. The molecule has 0 radical (unpaired) electrons. The number of amides is 3. The van der Waals surface area contributed by atoms with Crippen LogP contribution in [-0.4, -0.2) is 29.9 Å². The molecule has 1 aromatic heterocycles. The summed E-state index contributed by atoms with van der Waals surface area (Å²) in [6, 6.07) is 18.8. The van der Waals surface area contributed by atoms with E-state index in [9.17, 15) is 14.0 Å². The van der Waals surface area contributed by atoms with Gasteiger partial charge >= 0.3 is 6.03 Å². The largest absolute Gasteiger partial charge is 0.467 e. The highest BCUT2D eigenvalue weighted by molar-refractivity contribution is 5.89. The first-order valence-electron chi connectivity index (χ1n) is 9.75. The molecule has 0 saturated heterocycles. The normalized spacial score (nSPS) is 10.4. The summed E-state index contributed by atoms with van der Waals surface area (Å²) < 4.78 is 19.2. The summed E-state index contributed by atoms with van der Waals surface area (Å²) in [6.07, 6.45) is 2.37. The molecule has 2 aromatic carbocycles. The molecule has 3 aromatic rings. The van der Waals surface area contributed by atoms with E-state index >= 15 is 0 Å². The van der Waals surface area contributed by atoms with Crippen molar-refractivity contribution in [3.8, 4) is 0 Å². The molecule has 1 heterocycles. The fourth-order valence-corrected chi connectivity index (χ4v) is 2.92. The molecule has 0 fully saturated rings. The molecule has 30 heavy (non-hydrogen) atoms. The maximum atomic E-state index is 13.9. The van der Waals surface area contributed by atoms with Crippen molar-refractivity contribution in [1.29, 1.82) is 0 Å². The molecular weight excluding hydrogens is 385 g/mol. The fourth-order valence-electron chi connectivity index (χ4n) is 2.92. The van der Waals surface area contributed by atoms with Crippen LogP contribution in [0.25, 0.3) is 0 Å². The Labute approximate surface area is 174 Å². The number of hydrogen-bond acceptors (Lipinski definition) is 3. The number of anilines is 1.